The molecule has 0 saturated heterocycles. The summed E-state index contributed by atoms with van der Waals surface area (Å²) < 4.78 is 0. The first kappa shape index (κ1) is 17.9. The predicted molar refractivity (Wildman–Crippen MR) is 93.7 cm³/mol. The molecule has 0 aromatic heterocycles. The third kappa shape index (κ3) is 5.00. The number of hydrogen-bond acceptors (Lipinski definition) is 4. The minimum atomic E-state index is -1.03. The van der Waals surface area contributed by atoms with E-state index in [-0.39, 0.29) is 5.56 Å². The lowest BCUT2D eigenvalue weighted by molar-refractivity contribution is -0.136. The SMILES string of the molecule is Cc1ccc(NC(=O)C(=O)NN=Cc2ccc(C(=O)O)cc2)cc1C. The molecule has 2 aromatic rings. The van der Waals surface area contributed by atoms with E-state index in [1.165, 1.54) is 30.5 Å². The van der Waals surface area contributed by atoms with Gasteiger partial charge in [0.1, 0.15) is 0 Å². The lowest BCUT2D eigenvalue weighted by atomic mass is 10.1. The topological polar surface area (TPSA) is 108 Å². The van der Waals surface area contributed by atoms with E-state index in [0.29, 0.717) is 11.3 Å². The van der Waals surface area contributed by atoms with Gasteiger partial charge < -0.3 is 10.4 Å². The number of nitrogens with zero attached hydrogens (tertiary/aromatic N) is 1. The molecule has 0 bridgehead atoms. The molecule has 0 aliphatic carbocycles. The predicted octanol–water partition coefficient (Wildman–Crippen LogP) is 2.09. The first-order valence-corrected chi connectivity index (χ1v) is 7.42. The van der Waals surface area contributed by atoms with Crippen LogP contribution in [-0.2, 0) is 9.59 Å². The van der Waals surface area contributed by atoms with Crippen LogP contribution in [0.2, 0.25) is 0 Å². The van der Waals surface area contributed by atoms with E-state index in [1.54, 1.807) is 12.1 Å². The molecule has 0 radical (unpaired) electrons. The van der Waals surface area contributed by atoms with Crippen LogP contribution in [-0.4, -0.2) is 29.1 Å². The number of carboxylic acids is 1. The minimum Gasteiger partial charge on any atom is -0.478 e. The Kier molecular flexibility index (Phi) is 5.62. The van der Waals surface area contributed by atoms with Gasteiger partial charge in [0.2, 0.25) is 0 Å². The van der Waals surface area contributed by atoms with Gasteiger partial charge in [0.05, 0.1) is 11.8 Å². The summed E-state index contributed by atoms with van der Waals surface area (Å²) in [5, 5.41) is 15.0. The second-order valence-corrected chi connectivity index (χ2v) is 5.38. The van der Waals surface area contributed by atoms with Gasteiger partial charge in [0, 0.05) is 5.69 Å². The van der Waals surface area contributed by atoms with Crippen LogP contribution < -0.4 is 10.7 Å². The summed E-state index contributed by atoms with van der Waals surface area (Å²) in [6, 6.07) is 11.2. The van der Waals surface area contributed by atoms with Crippen molar-refractivity contribution in [3.63, 3.8) is 0 Å². The minimum absolute atomic E-state index is 0.147. The van der Waals surface area contributed by atoms with Crippen molar-refractivity contribution in [1.82, 2.24) is 5.43 Å². The molecular formula is C18H17N3O4. The molecule has 0 aliphatic rings. The molecule has 0 spiro atoms. The normalized spacial score (nSPS) is 10.5. The maximum absolute atomic E-state index is 11.8. The Morgan fingerprint density at radius 1 is 0.960 bits per heavy atom. The molecule has 2 aromatic carbocycles. The second-order valence-electron chi connectivity index (χ2n) is 5.38. The number of amides is 2. The van der Waals surface area contributed by atoms with E-state index in [4.69, 9.17) is 5.11 Å². The second kappa shape index (κ2) is 7.87. The first-order valence-electron chi connectivity index (χ1n) is 7.42. The van der Waals surface area contributed by atoms with Crippen molar-refractivity contribution in [3.05, 3.63) is 64.7 Å². The molecule has 128 valence electrons. The van der Waals surface area contributed by atoms with Crippen LogP contribution in [0.4, 0.5) is 5.69 Å². The number of rotatable bonds is 4. The fraction of sp³-hybridized carbons (Fsp3) is 0.111. The van der Waals surface area contributed by atoms with Gasteiger partial charge in [-0.15, -0.1) is 0 Å². The number of carboxylic acid groups (broad SMARTS) is 1. The van der Waals surface area contributed by atoms with E-state index in [1.807, 2.05) is 19.9 Å². The molecule has 0 fully saturated rings. The van der Waals surface area contributed by atoms with E-state index in [9.17, 15) is 14.4 Å². The molecule has 2 rings (SSSR count). The number of aryl methyl sites for hydroxylation is 2. The Labute approximate surface area is 144 Å². The van der Waals surface area contributed by atoms with E-state index < -0.39 is 17.8 Å². The van der Waals surface area contributed by atoms with Crippen molar-refractivity contribution in [3.8, 4) is 0 Å². The number of aromatic carboxylic acids is 1. The number of anilines is 1. The fourth-order valence-electron chi connectivity index (χ4n) is 1.94. The summed E-state index contributed by atoms with van der Waals surface area (Å²) in [4.78, 5) is 34.3. The largest absolute Gasteiger partial charge is 0.478 e. The zero-order valence-corrected chi connectivity index (χ0v) is 13.7. The number of carbonyl (C=O) groups excluding carboxylic acids is 2. The number of nitrogens with one attached hydrogen (secondary N) is 2. The van der Waals surface area contributed by atoms with E-state index in [0.717, 1.165) is 11.1 Å². The molecule has 7 nitrogen and oxygen atoms in total. The van der Waals surface area contributed by atoms with Crippen LogP contribution in [0, 0.1) is 13.8 Å². The van der Waals surface area contributed by atoms with Crippen molar-refractivity contribution >= 4 is 29.7 Å². The average molecular weight is 339 g/mol. The zero-order valence-electron chi connectivity index (χ0n) is 13.7. The fourth-order valence-corrected chi connectivity index (χ4v) is 1.94. The summed E-state index contributed by atoms with van der Waals surface area (Å²) >= 11 is 0. The molecule has 3 N–H and O–H groups in total. The molecule has 0 atom stereocenters. The Morgan fingerprint density at radius 3 is 2.24 bits per heavy atom. The highest BCUT2D eigenvalue weighted by molar-refractivity contribution is 6.39. The van der Waals surface area contributed by atoms with Gasteiger partial charge in [0.25, 0.3) is 0 Å². The monoisotopic (exact) mass is 339 g/mol. The van der Waals surface area contributed by atoms with Crippen LogP contribution in [0.5, 0.6) is 0 Å². The standard InChI is InChI=1S/C18H17N3O4/c1-11-3-8-15(9-12(11)2)20-16(22)17(23)21-19-10-13-4-6-14(7-5-13)18(24)25/h3-10H,1-2H3,(H,20,22)(H,21,23)(H,24,25). The highest BCUT2D eigenvalue weighted by Gasteiger charge is 2.13. The van der Waals surface area contributed by atoms with Crippen molar-refractivity contribution in [1.29, 1.82) is 0 Å². The Morgan fingerprint density at radius 2 is 1.64 bits per heavy atom. The van der Waals surface area contributed by atoms with Crippen molar-refractivity contribution in [2.24, 2.45) is 5.10 Å². The number of benzene rings is 2. The maximum Gasteiger partial charge on any atom is 0.335 e. The van der Waals surface area contributed by atoms with Gasteiger partial charge in [0.15, 0.2) is 0 Å². The van der Waals surface area contributed by atoms with Crippen LogP contribution in [0.25, 0.3) is 0 Å². The molecule has 7 heteroatoms. The first-order chi connectivity index (χ1) is 11.9. The number of hydrazone groups is 1. The van der Waals surface area contributed by atoms with Gasteiger partial charge in [-0.05, 0) is 54.8 Å². The van der Waals surface area contributed by atoms with Crippen LogP contribution in [0.1, 0.15) is 27.0 Å². The lowest BCUT2D eigenvalue weighted by Crippen LogP contribution is -2.32. The highest BCUT2D eigenvalue weighted by Crippen LogP contribution is 2.13. The molecule has 2 amide bonds. The highest BCUT2D eigenvalue weighted by atomic mass is 16.4. The smallest absolute Gasteiger partial charge is 0.335 e. The third-order valence-electron chi connectivity index (χ3n) is 3.51. The molecule has 0 saturated carbocycles. The van der Waals surface area contributed by atoms with Crippen molar-refractivity contribution in [2.75, 3.05) is 5.32 Å². The zero-order chi connectivity index (χ0) is 18.4. The van der Waals surface area contributed by atoms with E-state index in [2.05, 4.69) is 15.8 Å². The van der Waals surface area contributed by atoms with Crippen molar-refractivity contribution in [2.45, 2.75) is 13.8 Å². The Balaban J connectivity index is 1.91. The van der Waals surface area contributed by atoms with Gasteiger partial charge in [-0.25, -0.2) is 10.2 Å². The van der Waals surface area contributed by atoms with Crippen LogP contribution in [0.3, 0.4) is 0 Å². The summed E-state index contributed by atoms with van der Waals surface area (Å²) in [7, 11) is 0. The summed E-state index contributed by atoms with van der Waals surface area (Å²) in [5.74, 6) is -2.77. The van der Waals surface area contributed by atoms with Gasteiger partial charge >= 0.3 is 17.8 Å². The summed E-state index contributed by atoms with van der Waals surface area (Å²) in [6.45, 7) is 3.86. The van der Waals surface area contributed by atoms with Crippen LogP contribution in [0.15, 0.2) is 47.6 Å². The van der Waals surface area contributed by atoms with Crippen LogP contribution >= 0.6 is 0 Å². The summed E-state index contributed by atoms with van der Waals surface area (Å²) in [6.07, 6.45) is 1.31. The van der Waals surface area contributed by atoms with Crippen molar-refractivity contribution < 1.29 is 19.5 Å². The molecule has 0 aliphatic heterocycles. The summed E-state index contributed by atoms with van der Waals surface area (Å²) in [5.41, 5.74) is 5.46. The quantitative estimate of drug-likeness (QED) is 0.450. The molecule has 0 heterocycles. The third-order valence-corrected chi connectivity index (χ3v) is 3.51. The van der Waals surface area contributed by atoms with Gasteiger partial charge in [-0.3, -0.25) is 9.59 Å². The van der Waals surface area contributed by atoms with Gasteiger partial charge in [-0.2, -0.15) is 5.10 Å². The van der Waals surface area contributed by atoms with Gasteiger partial charge in [-0.1, -0.05) is 18.2 Å². The molecule has 0 unspecified atom stereocenters. The van der Waals surface area contributed by atoms with E-state index >= 15 is 0 Å². The number of hydrogen-bond donors (Lipinski definition) is 3. The Bertz CT molecular complexity index is 842. The average Bonchev–Trinajstić information content (AvgIpc) is 2.58. The Hall–Kier alpha value is -3.48. The molecular weight excluding hydrogens is 322 g/mol. The number of carbonyl (C=O) groups is 3. The lowest BCUT2D eigenvalue weighted by Gasteiger charge is -2.06. The maximum atomic E-state index is 11.8. The molecule has 25 heavy (non-hydrogen) atoms.